The van der Waals surface area contributed by atoms with Crippen LogP contribution in [-0.2, 0) is 6.42 Å². The Morgan fingerprint density at radius 1 is 1.10 bits per heavy atom. The molecule has 2 aromatic rings. The van der Waals surface area contributed by atoms with Gasteiger partial charge in [0, 0.05) is 0 Å². The summed E-state index contributed by atoms with van der Waals surface area (Å²) in [6.45, 7) is 0. The van der Waals surface area contributed by atoms with Crippen molar-refractivity contribution in [1.29, 1.82) is 0 Å². The maximum atomic E-state index is 5.84. The first-order chi connectivity index (χ1) is 9.85. The van der Waals surface area contributed by atoms with Crippen molar-refractivity contribution in [2.24, 2.45) is 5.84 Å². The van der Waals surface area contributed by atoms with Gasteiger partial charge in [0.25, 0.3) is 0 Å². The van der Waals surface area contributed by atoms with E-state index >= 15 is 0 Å². The second kappa shape index (κ2) is 6.07. The van der Waals surface area contributed by atoms with Gasteiger partial charge >= 0.3 is 0 Å². The molecule has 0 spiro atoms. The molecule has 0 amide bonds. The van der Waals surface area contributed by atoms with E-state index in [1.807, 2.05) is 18.2 Å². The zero-order valence-electron chi connectivity index (χ0n) is 11.5. The molecule has 1 saturated carbocycles. The first kappa shape index (κ1) is 13.2. The van der Waals surface area contributed by atoms with Gasteiger partial charge in [-0.05, 0) is 42.5 Å². The molecule has 1 aliphatic rings. The Balaban J connectivity index is 1.74. The van der Waals surface area contributed by atoms with Gasteiger partial charge < -0.3 is 4.74 Å². The third kappa shape index (κ3) is 3.38. The summed E-state index contributed by atoms with van der Waals surface area (Å²) in [6, 6.07) is 18.7. The van der Waals surface area contributed by atoms with Crippen LogP contribution in [0.1, 0.15) is 30.0 Å². The number of nitrogens with one attached hydrogen (secondary N) is 1. The average Bonchev–Trinajstić information content (AvgIpc) is 3.30. The fourth-order valence-electron chi connectivity index (χ4n) is 2.31. The first-order valence-electron chi connectivity index (χ1n) is 7.12. The van der Waals surface area contributed by atoms with Crippen molar-refractivity contribution in [2.45, 2.75) is 31.4 Å². The zero-order chi connectivity index (χ0) is 13.8. The lowest BCUT2D eigenvalue weighted by Gasteiger charge is -2.17. The summed E-state index contributed by atoms with van der Waals surface area (Å²) in [7, 11) is 0. The van der Waals surface area contributed by atoms with Gasteiger partial charge in [-0.2, -0.15) is 0 Å². The maximum absolute atomic E-state index is 5.84. The standard InChI is InChI=1S/C17H20N2O/c18-19-17(11-13-5-2-1-3-6-13)14-7-4-8-16(12-14)20-15-9-10-15/h1-8,12,15,17,19H,9-11,18H2. The number of hydrazine groups is 1. The summed E-state index contributed by atoms with van der Waals surface area (Å²) < 4.78 is 5.84. The molecule has 0 aliphatic heterocycles. The van der Waals surface area contributed by atoms with E-state index < -0.39 is 0 Å². The van der Waals surface area contributed by atoms with Gasteiger partial charge in [0.2, 0.25) is 0 Å². The quantitative estimate of drug-likeness (QED) is 0.625. The molecule has 3 nitrogen and oxygen atoms in total. The van der Waals surface area contributed by atoms with E-state index in [-0.39, 0.29) is 6.04 Å². The van der Waals surface area contributed by atoms with Crippen LogP contribution in [-0.4, -0.2) is 6.10 Å². The van der Waals surface area contributed by atoms with E-state index in [4.69, 9.17) is 10.6 Å². The molecule has 1 aliphatic carbocycles. The molecule has 1 fully saturated rings. The van der Waals surface area contributed by atoms with Crippen LogP contribution in [0.25, 0.3) is 0 Å². The lowest BCUT2D eigenvalue weighted by atomic mass is 9.99. The third-order valence-corrected chi connectivity index (χ3v) is 3.57. The van der Waals surface area contributed by atoms with E-state index in [0.29, 0.717) is 6.10 Å². The molecule has 0 radical (unpaired) electrons. The SMILES string of the molecule is NNC(Cc1ccccc1)c1cccc(OC2CC2)c1. The van der Waals surface area contributed by atoms with Gasteiger partial charge in [0.15, 0.2) is 0 Å². The summed E-state index contributed by atoms with van der Waals surface area (Å²) in [5, 5.41) is 0. The second-order valence-electron chi connectivity index (χ2n) is 5.30. The van der Waals surface area contributed by atoms with Gasteiger partial charge in [-0.15, -0.1) is 0 Å². The van der Waals surface area contributed by atoms with Crippen molar-refractivity contribution >= 4 is 0 Å². The molecule has 0 bridgehead atoms. The van der Waals surface area contributed by atoms with Gasteiger partial charge in [0.1, 0.15) is 5.75 Å². The Morgan fingerprint density at radius 2 is 1.90 bits per heavy atom. The van der Waals surface area contributed by atoms with Crippen LogP contribution in [0, 0.1) is 0 Å². The molecular formula is C17H20N2O. The van der Waals surface area contributed by atoms with E-state index in [9.17, 15) is 0 Å². The number of rotatable bonds is 6. The van der Waals surface area contributed by atoms with Gasteiger partial charge in [-0.25, -0.2) is 0 Å². The average molecular weight is 268 g/mol. The molecular weight excluding hydrogens is 248 g/mol. The lowest BCUT2D eigenvalue weighted by molar-refractivity contribution is 0.302. The molecule has 0 saturated heterocycles. The normalized spacial score (nSPS) is 15.8. The Kier molecular flexibility index (Phi) is 4.00. The van der Waals surface area contributed by atoms with Crippen LogP contribution in [0.2, 0.25) is 0 Å². The van der Waals surface area contributed by atoms with Gasteiger partial charge in [0.05, 0.1) is 12.1 Å². The van der Waals surface area contributed by atoms with Crippen LogP contribution in [0.5, 0.6) is 5.75 Å². The monoisotopic (exact) mass is 268 g/mol. The van der Waals surface area contributed by atoms with E-state index in [2.05, 4.69) is 41.8 Å². The van der Waals surface area contributed by atoms with Crippen LogP contribution in [0.4, 0.5) is 0 Å². The molecule has 1 unspecified atom stereocenters. The minimum Gasteiger partial charge on any atom is -0.490 e. The predicted molar refractivity (Wildman–Crippen MR) is 80.3 cm³/mol. The maximum Gasteiger partial charge on any atom is 0.120 e. The van der Waals surface area contributed by atoms with Crippen LogP contribution < -0.4 is 16.0 Å². The summed E-state index contributed by atoms with van der Waals surface area (Å²) in [5.74, 6) is 6.67. The first-order valence-corrected chi connectivity index (χ1v) is 7.12. The zero-order valence-corrected chi connectivity index (χ0v) is 11.5. The third-order valence-electron chi connectivity index (χ3n) is 3.57. The molecule has 104 valence electrons. The van der Waals surface area contributed by atoms with Crippen molar-refractivity contribution in [3.63, 3.8) is 0 Å². The van der Waals surface area contributed by atoms with Crippen molar-refractivity contribution < 1.29 is 4.74 Å². The Bertz CT molecular complexity index is 552. The highest BCUT2D eigenvalue weighted by atomic mass is 16.5. The number of ether oxygens (including phenoxy) is 1. The van der Waals surface area contributed by atoms with E-state index in [0.717, 1.165) is 17.7 Å². The van der Waals surface area contributed by atoms with Crippen LogP contribution in [0.15, 0.2) is 54.6 Å². The van der Waals surface area contributed by atoms with Crippen LogP contribution >= 0.6 is 0 Å². The Morgan fingerprint density at radius 3 is 2.60 bits per heavy atom. The highest BCUT2D eigenvalue weighted by molar-refractivity contribution is 5.32. The minimum absolute atomic E-state index is 0.0974. The lowest BCUT2D eigenvalue weighted by Crippen LogP contribution is -2.29. The topological polar surface area (TPSA) is 47.3 Å². The van der Waals surface area contributed by atoms with Crippen molar-refractivity contribution in [2.75, 3.05) is 0 Å². The highest BCUT2D eigenvalue weighted by Crippen LogP contribution is 2.28. The van der Waals surface area contributed by atoms with Crippen molar-refractivity contribution in [1.82, 2.24) is 5.43 Å². The largest absolute Gasteiger partial charge is 0.490 e. The number of benzene rings is 2. The molecule has 20 heavy (non-hydrogen) atoms. The van der Waals surface area contributed by atoms with E-state index in [1.165, 1.54) is 18.4 Å². The summed E-state index contributed by atoms with van der Waals surface area (Å²) in [5.41, 5.74) is 5.34. The van der Waals surface area contributed by atoms with Crippen molar-refractivity contribution in [3.8, 4) is 5.75 Å². The molecule has 3 N–H and O–H groups in total. The molecule has 0 heterocycles. The fraction of sp³-hybridized carbons (Fsp3) is 0.294. The summed E-state index contributed by atoms with van der Waals surface area (Å²) in [6.07, 6.45) is 3.63. The smallest absolute Gasteiger partial charge is 0.120 e. The molecule has 2 aromatic carbocycles. The minimum atomic E-state index is 0.0974. The number of hydrogen-bond acceptors (Lipinski definition) is 3. The number of nitrogens with two attached hydrogens (primary N) is 1. The second-order valence-corrected chi connectivity index (χ2v) is 5.30. The van der Waals surface area contributed by atoms with Gasteiger partial charge in [-0.3, -0.25) is 11.3 Å². The van der Waals surface area contributed by atoms with Crippen molar-refractivity contribution in [3.05, 3.63) is 65.7 Å². The highest BCUT2D eigenvalue weighted by Gasteiger charge is 2.23. The molecule has 3 heteroatoms. The fourth-order valence-corrected chi connectivity index (χ4v) is 2.31. The van der Waals surface area contributed by atoms with Gasteiger partial charge in [-0.1, -0.05) is 42.5 Å². The summed E-state index contributed by atoms with van der Waals surface area (Å²) >= 11 is 0. The number of hydrogen-bond donors (Lipinski definition) is 2. The van der Waals surface area contributed by atoms with E-state index in [1.54, 1.807) is 0 Å². The Labute approximate surface area is 119 Å². The van der Waals surface area contributed by atoms with Crippen LogP contribution in [0.3, 0.4) is 0 Å². The molecule has 3 rings (SSSR count). The predicted octanol–water partition coefficient (Wildman–Crippen LogP) is 2.97. The molecule has 0 aromatic heterocycles. The summed E-state index contributed by atoms with van der Waals surface area (Å²) in [4.78, 5) is 0. The molecule has 1 atom stereocenters. The Hall–Kier alpha value is -1.84.